The van der Waals surface area contributed by atoms with E-state index in [-0.39, 0.29) is 12.5 Å². The predicted molar refractivity (Wildman–Crippen MR) is 71.3 cm³/mol. The number of ether oxygens (including phenoxy) is 1. The van der Waals surface area contributed by atoms with E-state index in [1.54, 1.807) is 31.2 Å². The molecule has 1 atom stereocenters. The minimum Gasteiger partial charge on any atom is -0.497 e. The van der Waals surface area contributed by atoms with Crippen molar-refractivity contribution in [3.8, 4) is 5.75 Å². The second-order valence-corrected chi connectivity index (χ2v) is 4.50. The van der Waals surface area contributed by atoms with Crippen molar-refractivity contribution in [2.24, 2.45) is 0 Å². The maximum absolute atomic E-state index is 12.5. The summed E-state index contributed by atoms with van der Waals surface area (Å²) in [6.07, 6.45) is 0.453. The monoisotopic (exact) mass is 276 g/mol. The summed E-state index contributed by atoms with van der Waals surface area (Å²) in [6.45, 7) is 1.69. The summed E-state index contributed by atoms with van der Waals surface area (Å²) in [4.78, 5) is 37.0. The minimum absolute atomic E-state index is 0.111. The molecule has 3 amide bonds. The average molecular weight is 276 g/mol. The van der Waals surface area contributed by atoms with Crippen molar-refractivity contribution in [3.63, 3.8) is 0 Å². The molecule has 0 radical (unpaired) electrons. The Morgan fingerprint density at radius 3 is 2.85 bits per heavy atom. The topological polar surface area (TPSA) is 75.7 Å². The molecule has 1 heterocycles. The van der Waals surface area contributed by atoms with Crippen LogP contribution in [0.1, 0.15) is 23.7 Å². The Bertz CT molecular complexity index is 556. The first kappa shape index (κ1) is 14.0. The number of hydrogen-bond donors (Lipinski definition) is 1. The number of nitrogens with zero attached hydrogens (tertiary/aromatic N) is 1. The molecule has 20 heavy (non-hydrogen) atoms. The van der Waals surface area contributed by atoms with Crippen LogP contribution in [0.2, 0.25) is 0 Å². The predicted octanol–water partition coefficient (Wildman–Crippen LogP) is 0.572. The van der Waals surface area contributed by atoms with Gasteiger partial charge in [-0.2, -0.15) is 0 Å². The molecule has 1 aromatic carbocycles. The Morgan fingerprint density at radius 2 is 2.20 bits per heavy atom. The van der Waals surface area contributed by atoms with Crippen LogP contribution in [-0.4, -0.2) is 42.3 Å². The van der Waals surface area contributed by atoms with Gasteiger partial charge in [-0.25, -0.2) is 0 Å². The molecule has 1 aromatic rings. The Balaban J connectivity index is 2.29. The zero-order valence-corrected chi connectivity index (χ0v) is 11.4. The Hall–Kier alpha value is -2.37. The molecule has 0 aliphatic carbocycles. The molecular weight excluding hydrogens is 260 g/mol. The van der Waals surface area contributed by atoms with Crippen molar-refractivity contribution in [2.75, 3.05) is 13.7 Å². The van der Waals surface area contributed by atoms with Gasteiger partial charge in [-0.3, -0.25) is 19.7 Å². The smallest absolute Gasteiger partial charge is 0.255 e. The first-order valence-electron chi connectivity index (χ1n) is 6.35. The van der Waals surface area contributed by atoms with E-state index in [4.69, 9.17) is 4.74 Å². The maximum atomic E-state index is 12.5. The molecular formula is C14H16N2O4. The highest BCUT2D eigenvalue weighted by molar-refractivity contribution is 6.07. The summed E-state index contributed by atoms with van der Waals surface area (Å²) >= 11 is 0. The average Bonchev–Trinajstić information content (AvgIpc) is 2.45. The molecule has 2 rings (SSSR count). The molecule has 106 valence electrons. The molecule has 0 spiro atoms. The Labute approximate surface area is 116 Å². The zero-order valence-electron chi connectivity index (χ0n) is 11.4. The van der Waals surface area contributed by atoms with Crippen LogP contribution in [0.5, 0.6) is 5.75 Å². The molecule has 6 nitrogen and oxygen atoms in total. The molecule has 1 aliphatic heterocycles. The molecule has 1 aliphatic rings. The number of rotatable bonds is 3. The molecule has 1 saturated heterocycles. The molecule has 0 saturated carbocycles. The number of carbonyl (C=O) groups is 3. The van der Waals surface area contributed by atoms with Gasteiger partial charge in [-0.05, 0) is 24.6 Å². The molecule has 6 heteroatoms. The number of methoxy groups -OCH3 is 1. The summed E-state index contributed by atoms with van der Waals surface area (Å²) < 4.78 is 5.07. The zero-order chi connectivity index (χ0) is 14.7. The van der Waals surface area contributed by atoms with Gasteiger partial charge in [0.15, 0.2) is 0 Å². The quantitative estimate of drug-likeness (QED) is 0.819. The first-order valence-corrected chi connectivity index (χ1v) is 6.35. The number of benzene rings is 1. The summed E-state index contributed by atoms with van der Waals surface area (Å²) in [6, 6.07) is 6.02. The lowest BCUT2D eigenvalue weighted by Gasteiger charge is -2.33. The number of amides is 3. The van der Waals surface area contributed by atoms with Crippen LogP contribution in [0.4, 0.5) is 0 Å². The third kappa shape index (κ3) is 2.64. The summed E-state index contributed by atoms with van der Waals surface area (Å²) in [5.74, 6) is -0.688. The van der Waals surface area contributed by atoms with E-state index in [1.165, 1.54) is 12.0 Å². The fourth-order valence-electron chi connectivity index (χ4n) is 2.21. The van der Waals surface area contributed by atoms with E-state index in [9.17, 15) is 14.4 Å². The number of hydrogen-bond acceptors (Lipinski definition) is 4. The van der Waals surface area contributed by atoms with Crippen molar-refractivity contribution >= 4 is 17.7 Å². The van der Waals surface area contributed by atoms with Gasteiger partial charge in [-0.1, -0.05) is 13.0 Å². The second kappa shape index (κ2) is 5.73. The summed E-state index contributed by atoms with van der Waals surface area (Å²) in [5.41, 5.74) is 0.394. The van der Waals surface area contributed by atoms with Crippen molar-refractivity contribution < 1.29 is 19.1 Å². The van der Waals surface area contributed by atoms with E-state index in [0.29, 0.717) is 17.7 Å². The summed E-state index contributed by atoms with van der Waals surface area (Å²) in [5, 5.41) is 2.24. The van der Waals surface area contributed by atoms with Crippen molar-refractivity contribution in [1.29, 1.82) is 0 Å². The first-order chi connectivity index (χ1) is 9.56. The largest absolute Gasteiger partial charge is 0.497 e. The van der Waals surface area contributed by atoms with Gasteiger partial charge < -0.3 is 9.64 Å². The fourth-order valence-corrected chi connectivity index (χ4v) is 2.21. The highest BCUT2D eigenvalue weighted by Crippen LogP contribution is 2.18. The van der Waals surface area contributed by atoms with Crippen molar-refractivity contribution in [3.05, 3.63) is 29.8 Å². The normalized spacial score (nSPS) is 18.7. The molecule has 1 unspecified atom stereocenters. The third-order valence-electron chi connectivity index (χ3n) is 3.22. The van der Waals surface area contributed by atoms with Crippen LogP contribution >= 0.6 is 0 Å². The maximum Gasteiger partial charge on any atom is 0.255 e. The minimum atomic E-state index is -0.619. The van der Waals surface area contributed by atoms with Crippen LogP contribution in [0.25, 0.3) is 0 Å². The SMILES string of the molecule is CCC1C(=O)NC(=O)CN1C(=O)c1cccc(OC)c1. The van der Waals surface area contributed by atoms with Crippen LogP contribution in [0.3, 0.4) is 0 Å². The van der Waals surface area contributed by atoms with Crippen LogP contribution in [-0.2, 0) is 9.59 Å². The van der Waals surface area contributed by atoms with Crippen LogP contribution < -0.4 is 10.1 Å². The lowest BCUT2D eigenvalue weighted by Crippen LogP contribution is -2.59. The van der Waals surface area contributed by atoms with Crippen molar-refractivity contribution in [2.45, 2.75) is 19.4 Å². The van der Waals surface area contributed by atoms with Gasteiger partial charge in [0.1, 0.15) is 18.3 Å². The van der Waals surface area contributed by atoms with Gasteiger partial charge in [0, 0.05) is 5.56 Å². The van der Waals surface area contributed by atoms with Gasteiger partial charge in [0.05, 0.1) is 7.11 Å². The van der Waals surface area contributed by atoms with Gasteiger partial charge in [0.25, 0.3) is 5.91 Å². The van der Waals surface area contributed by atoms with Gasteiger partial charge in [-0.15, -0.1) is 0 Å². The van der Waals surface area contributed by atoms with E-state index in [2.05, 4.69) is 5.32 Å². The van der Waals surface area contributed by atoms with Gasteiger partial charge >= 0.3 is 0 Å². The Morgan fingerprint density at radius 1 is 1.45 bits per heavy atom. The number of imide groups is 1. The highest BCUT2D eigenvalue weighted by atomic mass is 16.5. The molecule has 0 bridgehead atoms. The number of nitrogens with one attached hydrogen (secondary N) is 1. The van der Waals surface area contributed by atoms with E-state index >= 15 is 0 Å². The van der Waals surface area contributed by atoms with Gasteiger partial charge in [0.2, 0.25) is 11.8 Å². The third-order valence-corrected chi connectivity index (χ3v) is 3.22. The fraction of sp³-hybridized carbons (Fsp3) is 0.357. The van der Waals surface area contributed by atoms with E-state index < -0.39 is 17.9 Å². The summed E-state index contributed by atoms with van der Waals surface area (Å²) in [7, 11) is 1.51. The number of piperazine rings is 1. The standard InChI is InChI=1S/C14H16N2O4/c1-3-11-13(18)15-12(17)8-16(11)14(19)9-5-4-6-10(7-9)20-2/h4-7,11H,3,8H2,1-2H3,(H,15,17,18). The molecule has 1 fully saturated rings. The highest BCUT2D eigenvalue weighted by Gasteiger charge is 2.35. The number of carbonyl (C=O) groups excluding carboxylic acids is 3. The van der Waals surface area contributed by atoms with Crippen molar-refractivity contribution in [1.82, 2.24) is 10.2 Å². The lowest BCUT2D eigenvalue weighted by molar-refractivity contribution is -0.138. The van der Waals surface area contributed by atoms with E-state index in [0.717, 1.165) is 0 Å². The van der Waals surface area contributed by atoms with Crippen LogP contribution in [0, 0.1) is 0 Å². The van der Waals surface area contributed by atoms with E-state index in [1.807, 2.05) is 0 Å². The van der Waals surface area contributed by atoms with Crippen LogP contribution in [0.15, 0.2) is 24.3 Å². The molecule has 1 N–H and O–H groups in total. The Kier molecular flexibility index (Phi) is 4.02. The second-order valence-electron chi connectivity index (χ2n) is 4.50. The molecule has 0 aromatic heterocycles. The lowest BCUT2D eigenvalue weighted by atomic mass is 10.1.